The number of rotatable bonds is 7. The number of phenolic OH excluding ortho intramolecular Hbond substituents is 1. The minimum Gasteiger partial charge on any atom is -0.508 e. The number of pyridine rings is 2. The fourth-order valence-corrected chi connectivity index (χ4v) is 4.12. The van der Waals surface area contributed by atoms with Gasteiger partial charge in [0.15, 0.2) is 17.9 Å². The molecule has 39 heavy (non-hydrogen) atoms. The molecule has 9 heteroatoms. The molecule has 3 aromatic rings. The smallest absolute Gasteiger partial charge is 0.168 e. The van der Waals surface area contributed by atoms with E-state index in [0.717, 1.165) is 40.1 Å². The average Bonchev–Trinajstić information content (AvgIpc) is 2.98. The molecule has 0 saturated heterocycles. The molecule has 1 aromatic carbocycles. The first-order valence-electron chi connectivity index (χ1n) is 13.3. The minimum atomic E-state index is 0.0261. The third-order valence-corrected chi connectivity index (χ3v) is 6.27. The number of phenols is 1. The summed E-state index contributed by atoms with van der Waals surface area (Å²) >= 11 is 0. The lowest BCUT2D eigenvalue weighted by Gasteiger charge is -2.18. The molecule has 0 atom stereocenters. The van der Waals surface area contributed by atoms with Gasteiger partial charge in [-0.05, 0) is 50.1 Å². The van der Waals surface area contributed by atoms with Crippen LogP contribution in [0.3, 0.4) is 0 Å². The van der Waals surface area contributed by atoms with Crippen molar-refractivity contribution in [2.24, 2.45) is 11.7 Å². The van der Waals surface area contributed by atoms with E-state index in [1.807, 2.05) is 6.92 Å². The number of hydrogen-bond donors (Lipinski definition) is 3. The van der Waals surface area contributed by atoms with E-state index in [4.69, 9.17) is 20.0 Å². The van der Waals surface area contributed by atoms with Crippen molar-refractivity contribution in [2.45, 2.75) is 65.8 Å². The van der Waals surface area contributed by atoms with Gasteiger partial charge in [-0.2, -0.15) is 0 Å². The number of carbonyl (C=O) groups is 2. The Bertz CT molecular complexity index is 1130. The van der Waals surface area contributed by atoms with E-state index in [0.29, 0.717) is 24.4 Å². The van der Waals surface area contributed by atoms with Crippen LogP contribution in [0.15, 0.2) is 36.5 Å². The van der Waals surface area contributed by atoms with Gasteiger partial charge in [0.1, 0.15) is 24.4 Å². The summed E-state index contributed by atoms with van der Waals surface area (Å²) in [5.74, 6) is 3.22. The number of aromatic nitrogens is 2. The van der Waals surface area contributed by atoms with Crippen LogP contribution in [-0.4, -0.2) is 48.4 Å². The van der Waals surface area contributed by atoms with Crippen LogP contribution in [0.25, 0.3) is 10.9 Å². The van der Waals surface area contributed by atoms with Crippen molar-refractivity contribution >= 4 is 29.3 Å². The Hall–Kier alpha value is -3.72. The summed E-state index contributed by atoms with van der Waals surface area (Å²) in [6, 6.07) is 8.62. The fraction of sp³-hybridized carbons (Fsp3) is 0.467. The number of aldehydes is 2. The Morgan fingerprint density at radius 2 is 1.82 bits per heavy atom. The van der Waals surface area contributed by atoms with Crippen LogP contribution >= 0.6 is 0 Å². The van der Waals surface area contributed by atoms with E-state index in [1.165, 1.54) is 45.4 Å². The van der Waals surface area contributed by atoms with Crippen molar-refractivity contribution < 1.29 is 24.2 Å². The standard InChI is InChI=1S/C11H11NO2.C9H13N3O2.C8H16.C2H4O/c1-7-9-5-8(13)3-4-10(9)12-6-11(7)14-2;1-11-9-8(14-5-4-13)3-2-7(6-10)12-9;1-2-8-6-4-3-5-7-8;1-2-3/h3-6,13H,1-2H3;2-4H,5-6,10H2,1H3,(H,11,12);8H,2-7H2,1H3;2H,1H3. The van der Waals surface area contributed by atoms with Crippen molar-refractivity contribution in [3.63, 3.8) is 0 Å². The zero-order valence-corrected chi connectivity index (χ0v) is 23.9. The number of methoxy groups -OCH3 is 1. The molecule has 0 bridgehead atoms. The molecule has 2 aromatic heterocycles. The molecule has 1 aliphatic rings. The number of hydrogen-bond acceptors (Lipinski definition) is 9. The Morgan fingerprint density at radius 1 is 1.13 bits per heavy atom. The third-order valence-electron chi connectivity index (χ3n) is 6.27. The number of benzene rings is 1. The van der Waals surface area contributed by atoms with Gasteiger partial charge in [-0.15, -0.1) is 0 Å². The van der Waals surface area contributed by atoms with Crippen molar-refractivity contribution in [1.29, 1.82) is 0 Å². The first kappa shape index (κ1) is 33.3. The number of aromatic hydroxyl groups is 1. The van der Waals surface area contributed by atoms with Gasteiger partial charge in [0.2, 0.25) is 0 Å². The molecular weight excluding hydrogens is 496 g/mol. The second-order valence-corrected chi connectivity index (χ2v) is 8.88. The highest BCUT2D eigenvalue weighted by Crippen LogP contribution is 2.27. The largest absolute Gasteiger partial charge is 0.508 e. The van der Waals surface area contributed by atoms with Crippen molar-refractivity contribution in [3.8, 4) is 17.2 Å². The van der Waals surface area contributed by atoms with E-state index < -0.39 is 0 Å². The van der Waals surface area contributed by atoms with E-state index in [-0.39, 0.29) is 12.4 Å². The lowest BCUT2D eigenvalue weighted by Crippen LogP contribution is -2.06. The molecule has 9 nitrogen and oxygen atoms in total. The van der Waals surface area contributed by atoms with Crippen LogP contribution in [-0.2, 0) is 16.1 Å². The molecule has 4 N–H and O–H groups in total. The monoisotopic (exact) mass is 540 g/mol. The van der Waals surface area contributed by atoms with Gasteiger partial charge < -0.3 is 30.4 Å². The van der Waals surface area contributed by atoms with Crippen molar-refractivity contribution in [1.82, 2.24) is 9.97 Å². The SMILES string of the molecule is CC=O.CCC1CCCCC1.CNc1nc(CN)ccc1OCC=O.COc1cnc2ccc(O)cc2c1C. The van der Waals surface area contributed by atoms with E-state index in [1.54, 1.807) is 50.7 Å². The Morgan fingerprint density at radius 3 is 2.36 bits per heavy atom. The van der Waals surface area contributed by atoms with Crippen LogP contribution in [0, 0.1) is 12.8 Å². The van der Waals surface area contributed by atoms with Crippen molar-refractivity contribution in [2.75, 3.05) is 26.1 Å². The second-order valence-electron chi connectivity index (χ2n) is 8.88. The molecule has 4 rings (SSSR count). The highest BCUT2D eigenvalue weighted by atomic mass is 16.5. The van der Waals surface area contributed by atoms with Crippen LogP contribution in [0.5, 0.6) is 17.2 Å². The van der Waals surface area contributed by atoms with E-state index in [9.17, 15) is 9.90 Å². The average molecular weight is 541 g/mol. The molecule has 0 radical (unpaired) electrons. The maximum absolute atomic E-state index is 10.1. The number of aryl methyl sites for hydroxylation is 1. The molecule has 1 fully saturated rings. The number of nitrogens with two attached hydrogens (primary N) is 1. The number of fused-ring (bicyclic) bond motifs is 1. The molecule has 0 aliphatic heterocycles. The summed E-state index contributed by atoms with van der Waals surface area (Å²) in [5.41, 5.74) is 8.06. The van der Waals surface area contributed by atoms with Gasteiger partial charge in [-0.1, -0.05) is 45.4 Å². The fourth-order valence-electron chi connectivity index (χ4n) is 4.12. The molecule has 0 unspecified atom stereocenters. The molecule has 1 saturated carbocycles. The molecule has 1 aliphatic carbocycles. The van der Waals surface area contributed by atoms with Gasteiger partial charge in [0, 0.05) is 24.5 Å². The summed E-state index contributed by atoms with van der Waals surface area (Å²) in [7, 11) is 3.34. The zero-order chi connectivity index (χ0) is 29.0. The number of carbonyl (C=O) groups excluding carboxylic acids is 2. The van der Waals surface area contributed by atoms with Crippen LogP contribution in [0.4, 0.5) is 5.82 Å². The summed E-state index contributed by atoms with van der Waals surface area (Å²) in [6.07, 6.45) is 12.1. The molecule has 0 amide bonds. The topological polar surface area (TPSA) is 137 Å². The van der Waals surface area contributed by atoms with E-state index >= 15 is 0 Å². The van der Waals surface area contributed by atoms with Gasteiger partial charge in [-0.3, -0.25) is 9.78 Å². The predicted molar refractivity (Wildman–Crippen MR) is 157 cm³/mol. The Balaban J connectivity index is 0.000000287. The third kappa shape index (κ3) is 11.7. The molecule has 2 heterocycles. The second kappa shape index (κ2) is 19.4. The Labute approximate surface area is 232 Å². The number of ether oxygens (including phenoxy) is 2. The Kier molecular flexibility index (Phi) is 16.5. The summed E-state index contributed by atoms with van der Waals surface area (Å²) < 4.78 is 10.3. The quantitative estimate of drug-likeness (QED) is 0.327. The number of nitrogens with one attached hydrogen (secondary N) is 1. The predicted octanol–water partition coefficient (Wildman–Crippen LogP) is 5.60. The number of nitrogens with zero attached hydrogens (tertiary/aromatic N) is 2. The van der Waals surface area contributed by atoms with Crippen LogP contribution < -0.4 is 20.5 Å². The first-order valence-corrected chi connectivity index (χ1v) is 13.3. The lowest BCUT2D eigenvalue weighted by molar-refractivity contribution is -0.109. The minimum absolute atomic E-state index is 0.0261. The number of anilines is 1. The summed E-state index contributed by atoms with van der Waals surface area (Å²) in [6.45, 7) is 6.11. The van der Waals surface area contributed by atoms with Gasteiger partial charge in [0.05, 0.1) is 24.5 Å². The summed E-state index contributed by atoms with van der Waals surface area (Å²) in [5, 5.41) is 13.1. The van der Waals surface area contributed by atoms with Gasteiger partial charge in [0.25, 0.3) is 0 Å². The van der Waals surface area contributed by atoms with Gasteiger partial charge >= 0.3 is 0 Å². The maximum atomic E-state index is 10.1. The zero-order valence-electron chi connectivity index (χ0n) is 23.9. The maximum Gasteiger partial charge on any atom is 0.168 e. The van der Waals surface area contributed by atoms with E-state index in [2.05, 4.69) is 22.2 Å². The lowest BCUT2D eigenvalue weighted by atomic mass is 9.88. The molecule has 214 valence electrons. The molecule has 0 spiro atoms. The van der Waals surface area contributed by atoms with Crippen molar-refractivity contribution in [3.05, 3.63) is 47.8 Å². The molecular formula is C30H44N4O5. The summed E-state index contributed by atoms with van der Waals surface area (Å²) in [4.78, 5) is 27.3. The van der Waals surface area contributed by atoms with Crippen LogP contribution in [0.2, 0.25) is 0 Å². The van der Waals surface area contributed by atoms with Crippen LogP contribution in [0.1, 0.15) is 63.6 Å². The normalized spacial score (nSPS) is 12.4. The first-order chi connectivity index (χ1) is 18.9. The highest BCUT2D eigenvalue weighted by Gasteiger charge is 2.09. The highest BCUT2D eigenvalue weighted by molar-refractivity contribution is 5.85. The van der Waals surface area contributed by atoms with Gasteiger partial charge in [-0.25, -0.2) is 4.98 Å².